The Morgan fingerprint density at radius 2 is 2.00 bits per heavy atom. The van der Waals surface area contributed by atoms with Gasteiger partial charge in [-0.3, -0.25) is 0 Å². The van der Waals surface area contributed by atoms with Crippen molar-refractivity contribution in [3.63, 3.8) is 0 Å². The van der Waals surface area contributed by atoms with E-state index in [1.54, 1.807) is 25.5 Å². The van der Waals surface area contributed by atoms with Gasteiger partial charge >= 0.3 is 0 Å². The monoisotopic (exact) mass is 323 g/mol. The number of fused-ring (bicyclic) bond motifs is 1. The normalized spacial score (nSPS) is 12.1. The fourth-order valence-corrected chi connectivity index (χ4v) is 4.09. The fourth-order valence-electron chi connectivity index (χ4n) is 2.61. The van der Waals surface area contributed by atoms with Gasteiger partial charge < -0.3 is 9.13 Å². The maximum atomic E-state index is 11.9. The first kappa shape index (κ1) is 14.2. The Kier molecular flexibility index (Phi) is 3.30. The van der Waals surface area contributed by atoms with E-state index in [2.05, 4.69) is 4.98 Å². The third kappa shape index (κ3) is 2.34. The smallest absolute Gasteiger partial charge is 0.263 e. The number of aryl methyl sites for hydroxylation is 1. The lowest BCUT2D eigenvalue weighted by atomic mass is 10.2. The summed E-state index contributed by atoms with van der Waals surface area (Å²) in [5.74, 6) is 0. The number of hydrogen-bond acceptors (Lipinski definition) is 3. The second kappa shape index (κ2) is 4.89. The summed E-state index contributed by atoms with van der Waals surface area (Å²) in [6, 6.07) is 7.36. The quantitative estimate of drug-likeness (QED) is 0.696. The summed E-state index contributed by atoms with van der Waals surface area (Å²) in [5.41, 5.74) is 2.46. The van der Waals surface area contributed by atoms with Gasteiger partial charge in [-0.15, -0.1) is 0 Å². The Balaban J connectivity index is 2.29. The summed E-state index contributed by atoms with van der Waals surface area (Å²) in [7, 11) is 3.72. The predicted molar refractivity (Wildman–Crippen MR) is 82.0 cm³/mol. The molecule has 0 saturated heterocycles. The number of para-hydroxylation sites is 1. The molecule has 1 aromatic carbocycles. The van der Waals surface area contributed by atoms with Crippen LogP contribution in [0.4, 0.5) is 0 Å². The molecule has 7 heteroatoms. The van der Waals surface area contributed by atoms with E-state index >= 15 is 0 Å². The Labute approximate surface area is 127 Å². The first-order valence-corrected chi connectivity index (χ1v) is 8.68. The topological polar surface area (TPSA) is 56.9 Å². The number of halogens is 1. The molecule has 0 aliphatic rings. The summed E-state index contributed by atoms with van der Waals surface area (Å²) < 4.78 is 27.6. The van der Waals surface area contributed by atoms with E-state index in [0.717, 1.165) is 11.2 Å². The van der Waals surface area contributed by atoms with Crippen molar-refractivity contribution in [3.05, 3.63) is 48.2 Å². The van der Waals surface area contributed by atoms with Crippen molar-refractivity contribution in [2.24, 2.45) is 7.05 Å². The van der Waals surface area contributed by atoms with Crippen molar-refractivity contribution in [2.45, 2.75) is 18.4 Å². The lowest BCUT2D eigenvalue weighted by Gasteiger charge is -2.08. The Morgan fingerprint density at radius 3 is 2.62 bits per heavy atom. The SMILES string of the molecule is Cc1c(S(=O)(=O)Cl)c2ccccc2n1Cc1cncn1C. The minimum absolute atomic E-state index is 0.182. The van der Waals surface area contributed by atoms with E-state index in [-0.39, 0.29) is 4.90 Å². The molecule has 0 unspecified atom stereocenters. The van der Waals surface area contributed by atoms with E-state index in [9.17, 15) is 8.42 Å². The van der Waals surface area contributed by atoms with Crippen molar-refractivity contribution in [1.29, 1.82) is 0 Å². The van der Waals surface area contributed by atoms with Gasteiger partial charge in [0.2, 0.25) is 0 Å². The van der Waals surface area contributed by atoms with Crippen LogP contribution in [0.15, 0.2) is 41.7 Å². The van der Waals surface area contributed by atoms with Gasteiger partial charge in [-0.1, -0.05) is 18.2 Å². The average Bonchev–Trinajstić information content (AvgIpc) is 2.92. The molecule has 2 aromatic heterocycles. The zero-order valence-corrected chi connectivity index (χ0v) is 13.2. The van der Waals surface area contributed by atoms with Gasteiger partial charge in [0.25, 0.3) is 9.05 Å². The number of benzene rings is 1. The number of aromatic nitrogens is 3. The molecular formula is C14H14ClN3O2S. The maximum absolute atomic E-state index is 11.9. The van der Waals surface area contributed by atoms with E-state index in [1.165, 1.54) is 0 Å². The van der Waals surface area contributed by atoms with Crippen LogP contribution in [0.2, 0.25) is 0 Å². The van der Waals surface area contributed by atoms with Gasteiger partial charge in [0.1, 0.15) is 4.90 Å². The van der Waals surface area contributed by atoms with Gasteiger partial charge in [0.15, 0.2) is 0 Å². The molecule has 0 bridgehead atoms. The van der Waals surface area contributed by atoms with E-state index in [1.807, 2.05) is 34.4 Å². The van der Waals surface area contributed by atoms with Crippen LogP contribution >= 0.6 is 10.7 Å². The lowest BCUT2D eigenvalue weighted by molar-refractivity contribution is 0.608. The second-order valence-electron chi connectivity index (χ2n) is 4.95. The van der Waals surface area contributed by atoms with Crippen LogP contribution in [0.3, 0.4) is 0 Å². The van der Waals surface area contributed by atoms with Crippen molar-refractivity contribution >= 4 is 30.6 Å². The van der Waals surface area contributed by atoms with Crippen LogP contribution in [0.5, 0.6) is 0 Å². The zero-order valence-electron chi connectivity index (χ0n) is 11.6. The first-order valence-electron chi connectivity index (χ1n) is 6.37. The Morgan fingerprint density at radius 1 is 1.29 bits per heavy atom. The van der Waals surface area contributed by atoms with E-state index in [0.29, 0.717) is 17.6 Å². The molecule has 110 valence electrons. The van der Waals surface area contributed by atoms with Crippen LogP contribution < -0.4 is 0 Å². The number of nitrogens with zero attached hydrogens (tertiary/aromatic N) is 3. The number of imidazole rings is 1. The van der Waals surface area contributed by atoms with Crippen molar-refractivity contribution in [2.75, 3.05) is 0 Å². The molecule has 3 rings (SSSR count). The lowest BCUT2D eigenvalue weighted by Crippen LogP contribution is -2.06. The molecule has 0 fully saturated rings. The summed E-state index contributed by atoms with van der Waals surface area (Å²) in [5, 5.41) is 0.646. The molecule has 0 aliphatic heterocycles. The molecule has 0 radical (unpaired) electrons. The molecule has 3 aromatic rings. The molecule has 0 aliphatic carbocycles. The minimum atomic E-state index is -3.80. The van der Waals surface area contributed by atoms with Gasteiger partial charge in [-0.05, 0) is 13.0 Å². The molecular weight excluding hydrogens is 310 g/mol. The molecule has 0 N–H and O–H groups in total. The summed E-state index contributed by atoms with van der Waals surface area (Å²) in [6.07, 6.45) is 3.48. The molecule has 0 saturated carbocycles. The Bertz CT molecular complexity index is 925. The maximum Gasteiger partial charge on any atom is 0.263 e. The molecule has 2 heterocycles. The van der Waals surface area contributed by atoms with Crippen LogP contribution in [0.1, 0.15) is 11.4 Å². The third-order valence-electron chi connectivity index (χ3n) is 3.65. The van der Waals surface area contributed by atoms with Crippen molar-refractivity contribution in [3.8, 4) is 0 Å². The highest BCUT2D eigenvalue weighted by molar-refractivity contribution is 8.14. The largest absolute Gasteiger partial charge is 0.337 e. The highest BCUT2D eigenvalue weighted by Gasteiger charge is 2.23. The van der Waals surface area contributed by atoms with E-state index < -0.39 is 9.05 Å². The predicted octanol–water partition coefficient (Wildman–Crippen LogP) is 2.66. The standard InChI is InChI=1S/C14H14ClN3O2S/c1-10-14(21(15,19)20)12-5-3-4-6-13(12)18(10)8-11-7-16-9-17(11)2/h3-7,9H,8H2,1-2H3. The molecule has 0 atom stereocenters. The second-order valence-corrected chi connectivity index (χ2v) is 7.45. The number of rotatable bonds is 3. The summed E-state index contributed by atoms with van der Waals surface area (Å²) in [6.45, 7) is 2.31. The molecule has 21 heavy (non-hydrogen) atoms. The number of hydrogen-bond donors (Lipinski definition) is 0. The third-order valence-corrected chi connectivity index (χ3v) is 5.12. The first-order chi connectivity index (χ1) is 9.89. The van der Waals surface area contributed by atoms with Crippen LogP contribution in [0, 0.1) is 6.92 Å². The van der Waals surface area contributed by atoms with Gasteiger partial charge in [0.05, 0.1) is 18.6 Å². The van der Waals surface area contributed by atoms with E-state index in [4.69, 9.17) is 10.7 Å². The molecule has 0 spiro atoms. The van der Waals surface area contributed by atoms with Crippen molar-refractivity contribution < 1.29 is 8.42 Å². The van der Waals surface area contributed by atoms with Gasteiger partial charge in [0, 0.05) is 40.5 Å². The van der Waals surface area contributed by atoms with Crippen LogP contribution in [-0.2, 0) is 22.6 Å². The molecule has 0 amide bonds. The average molecular weight is 324 g/mol. The minimum Gasteiger partial charge on any atom is -0.337 e. The summed E-state index contributed by atoms with van der Waals surface area (Å²) >= 11 is 0. The molecule has 5 nitrogen and oxygen atoms in total. The highest BCUT2D eigenvalue weighted by Crippen LogP contribution is 2.32. The van der Waals surface area contributed by atoms with Gasteiger partial charge in [-0.25, -0.2) is 13.4 Å². The van der Waals surface area contributed by atoms with Crippen LogP contribution in [0.25, 0.3) is 10.9 Å². The van der Waals surface area contributed by atoms with Gasteiger partial charge in [-0.2, -0.15) is 0 Å². The zero-order chi connectivity index (χ0) is 15.2. The van der Waals surface area contributed by atoms with Crippen molar-refractivity contribution in [1.82, 2.24) is 14.1 Å². The summed E-state index contributed by atoms with van der Waals surface area (Å²) in [4.78, 5) is 4.27. The fraction of sp³-hybridized carbons (Fsp3) is 0.214. The Hall–Kier alpha value is -1.79. The van der Waals surface area contributed by atoms with Crippen LogP contribution in [-0.4, -0.2) is 22.5 Å². The highest BCUT2D eigenvalue weighted by atomic mass is 35.7.